The fourth-order valence-electron chi connectivity index (χ4n) is 3.59. The maximum absolute atomic E-state index is 6.35. The molecule has 0 bridgehead atoms. The molecule has 29 heavy (non-hydrogen) atoms. The van der Waals surface area contributed by atoms with Gasteiger partial charge in [-0.05, 0) is 60.5 Å². The van der Waals surface area contributed by atoms with Crippen molar-refractivity contribution >= 4 is 23.0 Å². The lowest BCUT2D eigenvalue weighted by molar-refractivity contribution is 0.415. The fraction of sp³-hybridized carbons (Fsp3) is 0.160. The van der Waals surface area contributed by atoms with Crippen LogP contribution in [0.3, 0.4) is 0 Å². The third-order valence-electron chi connectivity index (χ3n) is 5.19. The highest BCUT2D eigenvalue weighted by atomic mass is 35.5. The molecule has 0 N–H and O–H groups in total. The first-order valence-corrected chi connectivity index (χ1v) is 9.94. The van der Waals surface area contributed by atoms with Crippen molar-refractivity contribution in [3.05, 3.63) is 106 Å². The molecular formula is C25H23ClN2O. The number of nitrogens with zero attached hydrogens (tertiary/aromatic N) is 2. The number of aliphatic imine (C=N–C) groups is 1. The average molecular weight is 403 g/mol. The second-order valence-electron chi connectivity index (χ2n) is 7.18. The molecule has 3 aromatic rings. The van der Waals surface area contributed by atoms with Crippen LogP contribution in [0.4, 0.5) is 5.69 Å². The molecule has 0 aromatic heterocycles. The molecule has 0 radical (unpaired) electrons. The van der Waals surface area contributed by atoms with Gasteiger partial charge in [-0.2, -0.15) is 0 Å². The Kier molecular flexibility index (Phi) is 5.41. The Balaban J connectivity index is 1.84. The summed E-state index contributed by atoms with van der Waals surface area (Å²) in [6.45, 7) is 2.14. The summed E-state index contributed by atoms with van der Waals surface area (Å²) in [5, 5.41) is 0.695. The van der Waals surface area contributed by atoms with Gasteiger partial charge in [0.25, 0.3) is 0 Å². The van der Waals surface area contributed by atoms with Crippen molar-refractivity contribution in [3.8, 4) is 5.75 Å². The van der Waals surface area contributed by atoms with E-state index in [-0.39, 0.29) is 0 Å². The number of fused-ring (bicyclic) bond motifs is 1. The van der Waals surface area contributed by atoms with Crippen LogP contribution in [0, 0.1) is 6.92 Å². The van der Waals surface area contributed by atoms with Crippen LogP contribution in [0.1, 0.15) is 22.3 Å². The van der Waals surface area contributed by atoms with Crippen molar-refractivity contribution in [1.29, 1.82) is 0 Å². The maximum Gasteiger partial charge on any atom is 0.118 e. The normalized spacial score (nSPS) is 13.3. The van der Waals surface area contributed by atoms with Gasteiger partial charge in [-0.25, -0.2) is 0 Å². The number of methoxy groups -OCH3 is 1. The quantitative estimate of drug-likeness (QED) is 0.532. The standard InChI is InChI=1S/C25H23ClN2O/c1-17-6-4-5-7-19(17)14-21-16-28(2)24-13-10-20(26)15-23(24)25(27-21)18-8-11-22(29-3)12-9-18/h4-13,15-16H,14H2,1-3H3. The predicted molar refractivity (Wildman–Crippen MR) is 121 cm³/mol. The van der Waals surface area contributed by atoms with E-state index >= 15 is 0 Å². The summed E-state index contributed by atoms with van der Waals surface area (Å²) in [6, 6.07) is 22.4. The molecular weight excluding hydrogens is 380 g/mol. The van der Waals surface area contributed by atoms with Crippen LogP contribution in [-0.2, 0) is 6.42 Å². The number of benzene rings is 3. The molecule has 1 aliphatic heterocycles. The Labute approximate surface area is 176 Å². The molecule has 0 unspecified atom stereocenters. The summed E-state index contributed by atoms with van der Waals surface area (Å²) in [6.07, 6.45) is 2.87. The van der Waals surface area contributed by atoms with E-state index in [0.29, 0.717) is 5.02 Å². The number of anilines is 1. The zero-order chi connectivity index (χ0) is 20.4. The summed E-state index contributed by atoms with van der Waals surface area (Å²) in [7, 11) is 3.72. The lowest BCUT2D eigenvalue weighted by Gasteiger charge is -2.18. The maximum atomic E-state index is 6.35. The van der Waals surface area contributed by atoms with E-state index in [4.69, 9.17) is 21.3 Å². The van der Waals surface area contributed by atoms with E-state index in [9.17, 15) is 0 Å². The minimum Gasteiger partial charge on any atom is -0.497 e. The van der Waals surface area contributed by atoms with Gasteiger partial charge in [0, 0.05) is 35.8 Å². The summed E-state index contributed by atoms with van der Waals surface area (Å²) < 4.78 is 5.32. The van der Waals surface area contributed by atoms with E-state index in [2.05, 4.69) is 49.3 Å². The van der Waals surface area contributed by atoms with Gasteiger partial charge in [-0.3, -0.25) is 4.99 Å². The third kappa shape index (κ3) is 4.06. The largest absolute Gasteiger partial charge is 0.497 e. The van der Waals surface area contributed by atoms with Crippen molar-refractivity contribution in [2.75, 3.05) is 19.1 Å². The first-order valence-electron chi connectivity index (χ1n) is 9.56. The molecule has 0 saturated carbocycles. The smallest absolute Gasteiger partial charge is 0.118 e. The first kappa shape index (κ1) is 19.3. The summed E-state index contributed by atoms with van der Waals surface area (Å²) in [4.78, 5) is 7.23. The summed E-state index contributed by atoms with van der Waals surface area (Å²) >= 11 is 6.35. The van der Waals surface area contributed by atoms with Gasteiger partial charge in [-0.1, -0.05) is 35.9 Å². The van der Waals surface area contributed by atoms with Crippen molar-refractivity contribution in [3.63, 3.8) is 0 Å². The van der Waals surface area contributed by atoms with Gasteiger partial charge in [0.05, 0.1) is 24.2 Å². The zero-order valence-corrected chi connectivity index (χ0v) is 17.6. The molecule has 1 heterocycles. The summed E-state index contributed by atoms with van der Waals surface area (Å²) in [5.41, 5.74) is 7.57. The second-order valence-corrected chi connectivity index (χ2v) is 7.62. The van der Waals surface area contributed by atoms with Crippen LogP contribution in [0.25, 0.3) is 0 Å². The highest BCUT2D eigenvalue weighted by Gasteiger charge is 2.19. The molecule has 4 heteroatoms. The Morgan fingerprint density at radius 1 is 1.00 bits per heavy atom. The minimum absolute atomic E-state index is 0.695. The highest BCUT2D eigenvalue weighted by molar-refractivity contribution is 6.31. The Bertz CT molecular complexity index is 1100. The van der Waals surface area contributed by atoms with Crippen LogP contribution in [0.15, 0.2) is 83.6 Å². The molecule has 3 aromatic carbocycles. The number of ether oxygens (including phenoxy) is 1. The number of rotatable bonds is 4. The van der Waals surface area contributed by atoms with Crippen molar-refractivity contribution in [1.82, 2.24) is 0 Å². The monoisotopic (exact) mass is 402 g/mol. The van der Waals surface area contributed by atoms with Gasteiger partial charge in [0.2, 0.25) is 0 Å². The number of hydrogen-bond acceptors (Lipinski definition) is 3. The van der Waals surface area contributed by atoms with Crippen LogP contribution < -0.4 is 9.64 Å². The fourth-order valence-corrected chi connectivity index (χ4v) is 3.76. The van der Waals surface area contributed by atoms with Crippen molar-refractivity contribution in [2.24, 2.45) is 4.99 Å². The topological polar surface area (TPSA) is 24.8 Å². The molecule has 0 saturated heterocycles. The SMILES string of the molecule is COc1ccc(C2=NC(Cc3ccccc3C)=CN(C)c3ccc(Cl)cc32)cc1. The lowest BCUT2D eigenvalue weighted by Crippen LogP contribution is -2.12. The predicted octanol–water partition coefficient (Wildman–Crippen LogP) is 6.03. The summed E-state index contributed by atoms with van der Waals surface area (Å²) in [5.74, 6) is 0.821. The average Bonchev–Trinajstić information content (AvgIpc) is 2.86. The molecule has 0 spiro atoms. The van der Waals surface area contributed by atoms with Gasteiger partial charge < -0.3 is 9.64 Å². The first-order chi connectivity index (χ1) is 14.0. The molecule has 0 fully saturated rings. The molecule has 146 valence electrons. The van der Waals surface area contributed by atoms with Crippen molar-refractivity contribution < 1.29 is 4.74 Å². The third-order valence-corrected chi connectivity index (χ3v) is 5.42. The van der Waals surface area contributed by atoms with E-state index in [0.717, 1.165) is 40.4 Å². The Morgan fingerprint density at radius 2 is 1.76 bits per heavy atom. The number of allylic oxidation sites excluding steroid dienone is 1. The Morgan fingerprint density at radius 3 is 2.48 bits per heavy atom. The lowest BCUT2D eigenvalue weighted by atomic mass is 10.00. The van der Waals surface area contributed by atoms with Crippen LogP contribution >= 0.6 is 11.6 Å². The Hall–Kier alpha value is -3.04. The minimum atomic E-state index is 0.695. The number of aryl methyl sites for hydroxylation is 1. The van der Waals surface area contributed by atoms with E-state index in [1.54, 1.807) is 7.11 Å². The van der Waals surface area contributed by atoms with E-state index in [1.165, 1.54) is 11.1 Å². The molecule has 4 rings (SSSR count). The zero-order valence-electron chi connectivity index (χ0n) is 16.8. The van der Waals surface area contributed by atoms with Crippen LogP contribution in [0.2, 0.25) is 5.02 Å². The van der Waals surface area contributed by atoms with Gasteiger partial charge >= 0.3 is 0 Å². The highest BCUT2D eigenvalue weighted by Crippen LogP contribution is 2.31. The van der Waals surface area contributed by atoms with Crippen molar-refractivity contribution in [2.45, 2.75) is 13.3 Å². The van der Waals surface area contributed by atoms with Crippen LogP contribution in [0.5, 0.6) is 5.75 Å². The van der Waals surface area contributed by atoms with E-state index in [1.807, 2.05) is 42.5 Å². The molecule has 0 aliphatic carbocycles. The van der Waals surface area contributed by atoms with Crippen LogP contribution in [-0.4, -0.2) is 19.9 Å². The van der Waals surface area contributed by atoms with Gasteiger partial charge in [0.1, 0.15) is 5.75 Å². The van der Waals surface area contributed by atoms with E-state index < -0.39 is 0 Å². The number of hydrogen-bond donors (Lipinski definition) is 0. The van der Waals surface area contributed by atoms with Gasteiger partial charge in [-0.15, -0.1) is 0 Å². The molecule has 3 nitrogen and oxygen atoms in total. The molecule has 0 atom stereocenters. The number of halogens is 1. The molecule has 0 amide bonds. The van der Waals surface area contributed by atoms with Gasteiger partial charge in [0.15, 0.2) is 0 Å². The molecule has 1 aliphatic rings. The second kappa shape index (κ2) is 8.14.